The lowest BCUT2D eigenvalue weighted by Crippen LogP contribution is -1.97. The smallest absolute Gasteiger partial charge is 0.335 e. The molecule has 0 spiro atoms. The van der Waals surface area contributed by atoms with Gasteiger partial charge in [0.25, 0.3) is 0 Å². The third kappa shape index (κ3) is 1.72. The Hall–Kier alpha value is -1.71. The van der Waals surface area contributed by atoms with Gasteiger partial charge in [0.2, 0.25) is 0 Å². The molecular formula is C9H9NO3. The third-order valence-corrected chi connectivity index (χ3v) is 1.83. The largest absolute Gasteiger partial charge is 0.478 e. The summed E-state index contributed by atoms with van der Waals surface area (Å²) in [4.78, 5) is 20.9. The van der Waals surface area contributed by atoms with Crippen LogP contribution in [0, 0.1) is 18.8 Å². The van der Waals surface area contributed by atoms with E-state index in [0.29, 0.717) is 16.8 Å². The van der Waals surface area contributed by atoms with Crippen LogP contribution in [0.25, 0.3) is 0 Å². The van der Waals surface area contributed by atoms with Gasteiger partial charge in [-0.2, -0.15) is 0 Å². The van der Waals surface area contributed by atoms with E-state index in [4.69, 9.17) is 5.11 Å². The highest BCUT2D eigenvalue weighted by molar-refractivity contribution is 5.89. The molecule has 4 nitrogen and oxygen atoms in total. The summed E-state index contributed by atoms with van der Waals surface area (Å²) in [5, 5.41) is 11.5. The minimum atomic E-state index is -0.997. The monoisotopic (exact) mass is 179 g/mol. The van der Waals surface area contributed by atoms with Crippen molar-refractivity contribution in [3.05, 3.63) is 33.7 Å². The highest BCUT2D eigenvalue weighted by atomic mass is 16.4. The van der Waals surface area contributed by atoms with Crippen LogP contribution < -0.4 is 0 Å². The number of nitrogens with zero attached hydrogens (tertiary/aromatic N) is 1. The van der Waals surface area contributed by atoms with Gasteiger partial charge in [0.05, 0.1) is 5.56 Å². The summed E-state index contributed by atoms with van der Waals surface area (Å²) in [7, 11) is 0. The average molecular weight is 179 g/mol. The molecule has 0 fully saturated rings. The highest BCUT2D eigenvalue weighted by Crippen LogP contribution is 2.24. The molecule has 4 heteroatoms. The van der Waals surface area contributed by atoms with E-state index >= 15 is 0 Å². The summed E-state index contributed by atoms with van der Waals surface area (Å²) in [5.41, 5.74) is 1.69. The van der Waals surface area contributed by atoms with Gasteiger partial charge in [-0.1, -0.05) is 0 Å². The fourth-order valence-corrected chi connectivity index (χ4v) is 1.22. The minimum Gasteiger partial charge on any atom is -0.478 e. The van der Waals surface area contributed by atoms with Gasteiger partial charge >= 0.3 is 5.97 Å². The summed E-state index contributed by atoms with van der Waals surface area (Å²) in [6.07, 6.45) is 0. The van der Waals surface area contributed by atoms with Crippen LogP contribution in [0.15, 0.2) is 17.3 Å². The molecule has 1 rings (SSSR count). The van der Waals surface area contributed by atoms with Crippen LogP contribution in [-0.4, -0.2) is 11.1 Å². The molecule has 0 heterocycles. The van der Waals surface area contributed by atoms with Gasteiger partial charge in [-0.25, -0.2) is 4.79 Å². The van der Waals surface area contributed by atoms with E-state index in [0.717, 1.165) is 0 Å². The molecule has 0 amide bonds. The first-order valence-electron chi connectivity index (χ1n) is 3.74. The lowest BCUT2D eigenvalue weighted by molar-refractivity contribution is 0.0696. The molecule has 1 aromatic carbocycles. The normalized spacial score (nSPS) is 9.69. The van der Waals surface area contributed by atoms with Gasteiger partial charge in [0.1, 0.15) is 5.69 Å². The Bertz CT molecular complexity index is 348. The van der Waals surface area contributed by atoms with Crippen molar-refractivity contribution in [1.82, 2.24) is 0 Å². The van der Waals surface area contributed by atoms with Crippen LogP contribution in [0.4, 0.5) is 5.69 Å². The molecule has 0 saturated heterocycles. The summed E-state index contributed by atoms with van der Waals surface area (Å²) >= 11 is 0. The van der Waals surface area contributed by atoms with Gasteiger partial charge in [0, 0.05) is 0 Å². The third-order valence-electron chi connectivity index (χ3n) is 1.83. The molecule has 0 aliphatic heterocycles. The number of aryl methyl sites for hydroxylation is 2. The maximum atomic E-state index is 10.6. The zero-order valence-electron chi connectivity index (χ0n) is 7.37. The van der Waals surface area contributed by atoms with E-state index in [1.807, 2.05) is 0 Å². The average Bonchev–Trinajstić information content (AvgIpc) is 2.03. The van der Waals surface area contributed by atoms with Crippen molar-refractivity contribution in [2.75, 3.05) is 0 Å². The van der Waals surface area contributed by atoms with Crippen molar-refractivity contribution in [3.8, 4) is 0 Å². The Morgan fingerprint density at radius 1 is 1.31 bits per heavy atom. The standard InChI is InChI=1S/C9H9NO3/c1-5-3-7(9(11)12)4-6(2)8(5)10-13/h3-4H,1-2H3,(H,11,12). The molecule has 0 saturated carbocycles. The van der Waals surface area contributed by atoms with E-state index in [1.165, 1.54) is 12.1 Å². The summed E-state index contributed by atoms with van der Waals surface area (Å²) in [5.74, 6) is -0.997. The number of hydrogen-bond donors (Lipinski definition) is 1. The first-order valence-corrected chi connectivity index (χ1v) is 3.74. The van der Waals surface area contributed by atoms with Gasteiger partial charge in [-0.3, -0.25) is 0 Å². The number of carboxylic acids is 1. The Labute approximate surface area is 75.2 Å². The molecule has 0 unspecified atom stereocenters. The molecule has 0 radical (unpaired) electrons. The Kier molecular flexibility index (Phi) is 2.41. The lowest BCUT2D eigenvalue weighted by Gasteiger charge is -2.03. The van der Waals surface area contributed by atoms with Gasteiger partial charge in [0.15, 0.2) is 0 Å². The van der Waals surface area contributed by atoms with E-state index < -0.39 is 5.97 Å². The fraction of sp³-hybridized carbons (Fsp3) is 0.222. The van der Waals surface area contributed by atoms with E-state index in [9.17, 15) is 9.70 Å². The van der Waals surface area contributed by atoms with Gasteiger partial charge in [-0.05, 0) is 42.3 Å². The fourth-order valence-electron chi connectivity index (χ4n) is 1.22. The molecule has 0 aliphatic rings. The van der Waals surface area contributed by atoms with Crippen LogP contribution in [0.2, 0.25) is 0 Å². The lowest BCUT2D eigenvalue weighted by atomic mass is 10.1. The summed E-state index contributed by atoms with van der Waals surface area (Å²) in [6.45, 7) is 3.33. The van der Waals surface area contributed by atoms with E-state index in [-0.39, 0.29) is 5.56 Å². The zero-order valence-corrected chi connectivity index (χ0v) is 7.37. The summed E-state index contributed by atoms with van der Waals surface area (Å²) in [6, 6.07) is 2.87. The number of nitroso groups, excluding NO2 is 1. The molecule has 68 valence electrons. The topological polar surface area (TPSA) is 66.7 Å². The second-order valence-corrected chi connectivity index (χ2v) is 2.86. The Morgan fingerprint density at radius 2 is 1.77 bits per heavy atom. The second kappa shape index (κ2) is 3.35. The van der Waals surface area contributed by atoms with Crippen molar-refractivity contribution in [2.45, 2.75) is 13.8 Å². The SMILES string of the molecule is Cc1cc(C(=O)O)cc(C)c1N=O. The van der Waals surface area contributed by atoms with E-state index in [1.54, 1.807) is 13.8 Å². The summed E-state index contributed by atoms with van der Waals surface area (Å²) < 4.78 is 0. The second-order valence-electron chi connectivity index (χ2n) is 2.86. The molecular weight excluding hydrogens is 170 g/mol. The van der Waals surface area contributed by atoms with Crippen LogP contribution in [0.5, 0.6) is 0 Å². The maximum absolute atomic E-state index is 10.6. The van der Waals surface area contributed by atoms with Gasteiger partial charge in [-0.15, -0.1) is 4.91 Å². The molecule has 0 aromatic heterocycles. The van der Waals surface area contributed by atoms with Crippen molar-refractivity contribution < 1.29 is 9.90 Å². The molecule has 0 bridgehead atoms. The maximum Gasteiger partial charge on any atom is 0.335 e. The van der Waals surface area contributed by atoms with Crippen LogP contribution >= 0.6 is 0 Å². The number of aromatic carboxylic acids is 1. The van der Waals surface area contributed by atoms with Crippen molar-refractivity contribution in [3.63, 3.8) is 0 Å². The first-order chi connectivity index (χ1) is 6.06. The van der Waals surface area contributed by atoms with Crippen molar-refractivity contribution >= 4 is 11.7 Å². The number of carbonyl (C=O) groups is 1. The van der Waals surface area contributed by atoms with Crippen molar-refractivity contribution in [2.24, 2.45) is 5.18 Å². The number of carboxylic acid groups (broad SMARTS) is 1. The van der Waals surface area contributed by atoms with Crippen LogP contribution in [0.1, 0.15) is 21.5 Å². The van der Waals surface area contributed by atoms with E-state index in [2.05, 4.69) is 5.18 Å². The number of rotatable bonds is 2. The Morgan fingerprint density at radius 3 is 2.08 bits per heavy atom. The Balaban J connectivity index is 3.36. The van der Waals surface area contributed by atoms with Gasteiger partial charge < -0.3 is 5.11 Å². The first kappa shape index (κ1) is 9.38. The molecule has 0 atom stereocenters. The van der Waals surface area contributed by atoms with Crippen molar-refractivity contribution in [1.29, 1.82) is 0 Å². The molecule has 0 aliphatic carbocycles. The highest BCUT2D eigenvalue weighted by Gasteiger charge is 2.09. The number of hydrogen-bond acceptors (Lipinski definition) is 3. The molecule has 1 aromatic rings. The molecule has 1 N–H and O–H groups in total. The predicted octanol–water partition coefficient (Wildman–Crippen LogP) is 2.40. The van der Waals surface area contributed by atoms with Crippen LogP contribution in [0.3, 0.4) is 0 Å². The minimum absolute atomic E-state index is 0.183. The predicted molar refractivity (Wildman–Crippen MR) is 48.3 cm³/mol. The molecule has 13 heavy (non-hydrogen) atoms. The number of benzene rings is 1. The zero-order chi connectivity index (χ0) is 10.0. The van der Waals surface area contributed by atoms with Crippen LogP contribution in [-0.2, 0) is 0 Å². The quantitative estimate of drug-likeness (QED) is 0.709.